The van der Waals surface area contributed by atoms with Crippen LogP contribution in [0.25, 0.3) is 88.0 Å². The molecule has 0 unspecified atom stereocenters. The lowest BCUT2D eigenvalue weighted by Gasteiger charge is -2.26. The number of fused-ring (bicyclic) bond motifs is 8. The Bertz CT molecular complexity index is 3190. The zero-order valence-electron chi connectivity index (χ0n) is 29.8. The van der Waals surface area contributed by atoms with Crippen LogP contribution in [0.3, 0.4) is 0 Å². The SMILES string of the molecule is c1ccc(-c2cccc(N(c3ccc(-c4ccc5ccc6oc7ccccc7c6c5c4)cc3)c3ccc(-c4cccc5c4oc4ccccc45)cc3)c2)cc1. The van der Waals surface area contributed by atoms with E-state index in [1.807, 2.05) is 24.3 Å². The van der Waals surface area contributed by atoms with Crippen molar-refractivity contribution in [1.29, 1.82) is 0 Å². The van der Waals surface area contributed by atoms with Crippen LogP contribution in [-0.4, -0.2) is 0 Å². The quantitative estimate of drug-likeness (QED) is 0.173. The summed E-state index contributed by atoms with van der Waals surface area (Å²) >= 11 is 0. The van der Waals surface area contributed by atoms with Gasteiger partial charge in [0.1, 0.15) is 22.3 Å². The van der Waals surface area contributed by atoms with E-state index >= 15 is 0 Å². The molecule has 0 saturated heterocycles. The number of nitrogens with zero attached hydrogens (tertiary/aromatic N) is 1. The number of hydrogen-bond acceptors (Lipinski definition) is 3. The molecular formula is C52H33NO2. The summed E-state index contributed by atoms with van der Waals surface area (Å²) in [5.74, 6) is 0. The van der Waals surface area contributed by atoms with Crippen LogP contribution in [0.1, 0.15) is 0 Å². The number of hydrogen-bond donors (Lipinski definition) is 0. The second kappa shape index (κ2) is 12.6. The summed E-state index contributed by atoms with van der Waals surface area (Å²) in [5.41, 5.74) is 13.7. The summed E-state index contributed by atoms with van der Waals surface area (Å²) in [6, 6.07) is 71.0. The zero-order valence-corrected chi connectivity index (χ0v) is 29.8. The van der Waals surface area contributed by atoms with Crippen molar-refractivity contribution in [3.8, 4) is 33.4 Å². The summed E-state index contributed by atoms with van der Waals surface area (Å²) in [7, 11) is 0. The fourth-order valence-corrected chi connectivity index (χ4v) is 8.19. The highest BCUT2D eigenvalue weighted by Gasteiger charge is 2.17. The lowest BCUT2D eigenvalue weighted by atomic mass is 9.97. The zero-order chi connectivity index (χ0) is 36.3. The van der Waals surface area contributed by atoms with Gasteiger partial charge in [0, 0.05) is 44.2 Å². The first-order chi connectivity index (χ1) is 27.2. The average molecular weight is 704 g/mol. The molecule has 11 rings (SSSR count). The lowest BCUT2D eigenvalue weighted by Crippen LogP contribution is -2.10. The maximum Gasteiger partial charge on any atom is 0.143 e. The fourth-order valence-electron chi connectivity index (χ4n) is 8.19. The average Bonchev–Trinajstić information content (AvgIpc) is 3.84. The molecule has 2 aromatic heterocycles. The van der Waals surface area contributed by atoms with Crippen LogP contribution >= 0.6 is 0 Å². The lowest BCUT2D eigenvalue weighted by molar-refractivity contribution is 0.669. The summed E-state index contributed by atoms with van der Waals surface area (Å²) in [6.45, 7) is 0. The van der Waals surface area contributed by atoms with Crippen molar-refractivity contribution in [3.05, 3.63) is 200 Å². The van der Waals surface area contributed by atoms with Gasteiger partial charge in [-0.1, -0.05) is 140 Å². The first-order valence-corrected chi connectivity index (χ1v) is 18.7. The Balaban J connectivity index is 1.01. The Labute approximate surface area is 317 Å². The van der Waals surface area contributed by atoms with Gasteiger partial charge in [0.05, 0.1) is 0 Å². The highest BCUT2D eigenvalue weighted by atomic mass is 16.3. The van der Waals surface area contributed by atoms with Crippen LogP contribution in [0.2, 0.25) is 0 Å². The van der Waals surface area contributed by atoms with E-state index in [2.05, 4.69) is 181 Å². The van der Waals surface area contributed by atoms with E-state index in [4.69, 9.17) is 8.83 Å². The van der Waals surface area contributed by atoms with Gasteiger partial charge < -0.3 is 13.7 Å². The predicted molar refractivity (Wildman–Crippen MR) is 229 cm³/mol. The van der Waals surface area contributed by atoms with Crippen molar-refractivity contribution in [3.63, 3.8) is 0 Å². The van der Waals surface area contributed by atoms with E-state index in [0.717, 1.165) is 77.6 Å². The first-order valence-electron chi connectivity index (χ1n) is 18.7. The van der Waals surface area contributed by atoms with E-state index in [0.29, 0.717) is 0 Å². The molecule has 0 fully saturated rings. The molecule has 0 radical (unpaired) electrons. The highest BCUT2D eigenvalue weighted by molar-refractivity contribution is 6.19. The smallest absolute Gasteiger partial charge is 0.143 e. The molecule has 0 bridgehead atoms. The fraction of sp³-hybridized carbons (Fsp3) is 0. The van der Waals surface area contributed by atoms with Crippen molar-refractivity contribution in [2.75, 3.05) is 4.90 Å². The predicted octanol–water partition coefficient (Wildman–Crippen LogP) is 15.1. The number of rotatable bonds is 6. The molecule has 3 heteroatoms. The van der Waals surface area contributed by atoms with Gasteiger partial charge in [-0.25, -0.2) is 0 Å². The van der Waals surface area contributed by atoms with Gasteiger partial charge in [-0.2, -0.15) is 0 Å². The Morgan fingerprint density at radius 1 is 0.309 bits per heavy atom. The van der Waals surface area contributed by atoms with Gasteiger partial charge >= 0.3 is 0 Å². The van der Waals surface area contributed by atoms with Gasteiger partial charge in [-0.3, -0.25) is 0 Å². The summed E-state index contributed by atoms with van der Waals surface area (Å²) in [5, 5.41) is 6.97. The topological polar surface area (TPSA) is 29.5 Å². The molecule has 55 heavy (non-hydrogen) atoms. The monoisotopic (exact) mass is 703 g/mol. The first kappa shape index (κ1) is 31.2. The van der Waals surface area contributed by atoms with Crippen LogP contribution in [0, 0.1) is 0 Å². The number of furan rings is 2. The Morgan fingerprint density at radius 3 is 1.69 bits per heavy atom. The molecule has 258 valence electrons. The third-order valence-corrected chi connectivity index (χ3v) is 10.9. The second-order valence-electron chi connectivity index (χ2n) is 14.1. The van der Waals surface area contributed by atoms with Crippen LogP contribution in [0.15, 0.2) is 209 Å². The third kappa shape index (κ3) is 5.28. The van der Waals surface area contributed by atoms with Crippen LogP contribution in [0.5, 0.6) is 0 Å². The van der Waals surface area contributed by atoms with E-state index in [1.165, 1.54) is 27.5 Å². The second-order valence-corrected chi connectivity index (χ2v) is 14.1. The molecule has 11 aromatic rings. The maximum atomic E-state index is 6.40. The molecule has 0 aliphatic heterocycles. The molecule has 0 aliphatic carbocycles. The van der Waals surface area contributed by atoms with Crippen molar-refractivity contribution in [2.24, 2.45) is 0 Å². The van der Waals surface area contributed by atoms with E-state index in [-0.39, 0.29) is 0 Å². The number of anilines is 3. The van der Waals surface area contributed by atoms with Crippen molar-refractivity contribution >= 4 is 71.7 Å². The molecule has 0 aliphatic rings. The Kier molecular flexibility index (Phi) is 7.17. The van der Waals surface area contributed by atoms with Gasteiger partial charge in [0.15, 0.2) is 0 Å². The van der Waals surface area contributed by atoms with E-state index in [9.17, 15) is 0 Å². The number of para-hydroxylation sites is 3. The highest BCUT2D eigenvalue weighted by Crippen LogP contribution is 2.41. The van der Waals surface area contributed by atoms with Crippen LogP contribution in [0.4, 0.5) is 17.1 Å². The number of benzene rings is 9. The summed E-state index contributed by atoms with van der Waals surface area (Å²) in [6.07, 6.45) is 0. The molecule has 9 aromatic carbocycles. The van der Waals surface area contributed by atoms with Crippen LogP contribution < -0.4 is 4.90 Å². The molecular weight excluding hydrogens is 671 g/mol. The minimum Gasteiger partial charge on any atom is -0.456 e. The summed E-state index contributed by atoms with van der Waals surface area (Å²) in [4.78, 5) is 2.34. The molecule has 0 N–H and O–H groups in total. The standard InChI is InChI=1S/C52H33NO2/c1-2-10-34(11-3-1)38-12-8-13-42(32-38)53(41-29-24-36(25-30-41)43-16-9-17-45-44-14-4-6-18-48(44)55-52(43)45)40-27-22-35(23-28-40)39-21-20-37-26-31-50-51(47(37)33-39)46-15-5-7-19-49(46)54-50/h1-33H. The Hall–Kier alpha value is -7.36. The van der Waals surface area contributed by atoms with Crippen LogP contribution in [-0.2, 0) is 0 Å². The normalized spacial score (nSPS) is 11.6. The van der Waals surface area contributed by atoms with Crippen molar-refractivity contribution in [1.82, 2.24) is 0 Å². The maximum absolute atomic E-state index is 6.40. The van der Waals surface area contributed by atoms with E-state index in [1.54, 1.807) is 0 Å². The van der Waals surface area contributed by atoms with E-state index < -0.39 is 0 Å². The third-order valence-electron chi connectivity index (χ3n) is 10.9. The van der Waals surface area contributed by atoms with Gasteiger partial charge in [-0.05, 0) is 99.3 Å². The molecule has 0 saturated carbocycles. The van der Waals surface area contributed by atoms with Gasteiger partial charge in [-0.15, -0.1) is 0 Å². The molecule has 3 nitrogen and oxygen atoms in total. The van der Waals surface area contributed by atoms with Crippen molar-refractivity contribution < 1.29 is 8.83 Å². The molecule has 0 amide bonds. The molecule has 2 heterocycles. The minimum atomic E-state index is 0.904. The largest absolute Gasteiger partial charge is 0.456 e. The summed E-state index contributed by atoms with van der Waals surface area (Å²) < 4.78 is 12.6. The van der Waals surface area contributed by atoms with Gasteiger partial charge in [0.25, 0.3) is 0 Å². The minimum absolute atomic E-state index is 0.904. The van der Waals surface area contributed by atoms with Crippen molar-refractivity contribution in [2.45, 2.75) is 0 Å². The molecule has 0 spiro atoms. The van der Waals surface area contributed by atoms with Gasteiger partial charge in [0.2, 0.25) is 0 Å². The Morgan fingerprint density at radius 2 is 0.891 bits per heavy atom. The molecule has 0 atom stereocenters.